The Morgan fingerprint density at radius 1 is 0.911 bits per heavy atom. The molecule has 4 aromatic rings. The number of nitrogens with zero attached hydrogens (tertiary/aromatic N) is 7. The van der Waals surface area contributed by atoms with Gasteiger partial charge in [-0.25, -0.2) is 24.3 Å². The van der Waals surface area contributed by atoms with Crippen LogP contribution in [-0.2, 0) is 51.2 Å². The van der Waals surface area contributed by atoms with Gasteiger partial charge in [-0.05, 0) is 23.6 Å². The van der Waals surface area contributed by atoms with Gasteiger partial charge < -0.3 is 45.5 Å². The maximum absolute atomic E-state index is 16.0. The van der Waals surface area contributed by atoms with Gasteiger partial charge in [-0.3, -0.25) is 28.0 Å². The molecule has 10 atom stereocenters. The minimum atomic E-state index is -4.24. The molecule has 0 radical (unpaired) electrons. The van der Waals surface area contributed by atoms with Crippen LogP contribution in [0.25, 0.3) is 22.3 Å². The monoisotopic (exact) mass is 707 g/mol. The van der Waals surface area contributed by atoms with Crippen molar-refractivity contribution >= 4 is 71.1 Å². The van der Waals surface area contributed by atoms with Crippen molar-refractivity contribution in [3.8, 4) is 0 Å². The summed E-state index contributed by atoms with van der Waals surface area (Å²) in [6.07, 6.45) is -6.13. The number of imidazole rings is 2. The predicted octanol–water partition coefficient (Wildman–Crippen LogP) is -1.17. The van der Waals surface area contributed by atoms with E-state index in [1.165, 1.54) is 21.8 Å². The number of rotatable bonds is 2. The smallest absolute Gasteiger partial charge is 0.325 e. The third kappa shape index (κ3) is 5.56. The Kier molecular flexibility index (Phi) is 7.76. The molecule has 3 saturated heterocycles. The molecular formula is C20H24FN11O9P2S2. The first-order valence-electron chi connectivity index (χ1n) is 13.0. The van der Waals surface area contributed by atoms with E-state index in [1.807, 2.05) is 0 Å². The van der Waals surface area contributed by atoms with E-state index in [0.29, 0.717) is 0 Å². The number of nitrogen functional groups attached to an aromatic ring is 2. The molecule has 0 aliphatic carbocycles. The summed E-state index contributed by atoms with van der Waals surface area (Å²) >= 11 is 10.5. The quantitative estimate of drug-likeness (QED) is 0.134. The van der Waals surface area contributed by atoms with Crippen LogP contribution in [0.15, 0.2) is 23.8 Å². The fourth-order valence-corrected chi connectivity index (χ4v) is 8.13. The standard InChI is InChI=1S/C20H24FN11O9P2S2/c21-8-6-1-36-43(35,45)41-13-9(22)7(39-19(13)31-4-27-10-14(23)25-3-26-15(10)31)2-37-42(34,44)40-12(8)18(38-6)32-5-28-11-16(32)29-20(24)30-17(11)33/h3-9,12-13,18-19H,1-2,22H2,(H,34,44)(H,35,45)(H2,23,25,26)(H3,24,29,30,33)/t6-,7-,8-,9-,12-,13-,18-,19-,42+,43-/m1/s1. The molecule has 45 heavy (non-hydrogen) atoms. The molecule has 3 fully saturated rings. The van der Waals surface area contributed by atoms with Gasteiger partial charge in [0, 0.05) is 0 Å². The van der Waals surface area contributed by atoms with E-state index in [1.54, 1.807) is 0 Å². The summed E-state index contributed by atoms with van der Waals surface area (Å²) in [7, 11) is 0. The lowest BCUT2D eigenvalue weighted by Crippen LogP contribution is -2.43. The highest BCUT2D eigenvalue weighted by Crippen LogP contribution is 2.54. The molecule has 20 nitrogen and oxygen atoms in total. The number of hydrogen-bond acceptors (Lipinski definition) is 17. The SMILES string of the molecule is Nc1nc2c(ncn2[C@@H]2O[C@@H]3CO[P@@](O)(=S)O[C@@H]4[C@H](N)[C@@H](CO[P@](O)(=S)O[C@@H]2[C@@H]3F)O[C@H]4n2cnc3c(N)ncnc32)c(=O)[nH]1. The summed E-state index contributed by atoms with van der Waals surface area (Å²) in [5.74, 6) is -0.132. The Hall–Kier alpha value is -2.63. The van der Waals surface area contributed by atoms with Crippen LogP contribution in [0.3, 0.4) is 0 Å². The summed E-state index contributed by atoms with van der Waals surface area (Å²) < 4.78 is 53.2. The maximum atomic E-state index is 16.0. The van der Waals surface area contributed by atoms with Gasteiger partial charge in [-0.2, -0.15) is 4.98 Å². The number of ether oxygens (including phenoxy) is 2. The van der Waals surface area contributed by atoms with E-state index in [9.17, 15) is 14.6 Å². The predicted molar refractivity (Wildman–Crippen MR) is 158 cm³/mol. The molecule has 7 heterocycles. The van der Waals surface area contributed by atoms with Crippen LogP contribution < -0.4 is 22.8 Å². The van der Waals surface area contributed by atoms with Crippen LogP contribution in [-0.4, -0.2) is 98.7 Å². The molecule has 0 unspecified atom stereocenters. The van der Waals surface area contributed by atoms with Gasteiger partial charge in [-0.15, -0.1) is 0 Å². The van der Waals surface area contributed by atoms with E-state index in [2.05, 4.69) is 29.9 Å². The van der Waals surface area contributed by atoms with E-state index < -0.39 is 81.3 Å². The lowest BCUT2D eigenvalue weighted by molar-refractivity contribution is -0.0606. The van der Waals surface area contributed by atoms with Crippen LogP contribution in [0.2, 0.25) is 0 Å². The first-order chi connectivity index (χ1) is 21.3. The highest BCUT2D eigenvalue weighted by Gasteiger charge is 2.52. The lowest BCUT2D eigenvalue weighted by atomic mass is 10.1. The van der Waals surface area contributed by atoms with Gasteiger partial charge in [0.25, 0.3) is 5.56 Å². The van der Waals surface area contributed by atoms with E-state index in [0.717, 1.165) is 6.33 Å². The largest absolute Gasteiger partial charge is 0.382 e. The summed E-state index contributed by atoms with van der Waals surface area (Å²) in [5, 5.41) is 0. The van der Waals surface area contributed by atoms with E-state index >= 15 is 4.39 Å². The van der Waals surface area contributed by atoms with Gasteiger partial charge in [0.15, 0.2) is 41.3 Å². The third-order valence-electron chi connectivity index (χ3n) is 7.37. The minimum Gasteiger partial charge on any atom is -0.382 e. The van der Waals surface area contributed by atoms with Crippen molar-refractivity contribution in [2.75, 3.05) is 24.7 Å². The number of aromatic nitrogens is 8. The van der Waals surface area contributed by atoms with Crippen molar-refractivity contribution in [3.05, 3.63) is 29.3 Å². The van der Waals surface area contributed by atoms with Gasteiger partial charge in [0.2, 0.25) is 5.95 Å². The zero-order valence-electron chi connectivity index (χ0n) is 22.5. The van der Waals surface area contributed by atoms with Crippen LogP contribution in [0, 0.1) is 0 Å². The summed E-state index contributed by atoms with van der Waals surface area (Å²) in [4.78, 5) is 57.2. The highest BCUT2D eigenvalue weighted by molar-refractivity contribution is 8.07. The highest BCUT2D eigenvalue weighted by atomic mass is 32.5. The van der Waals surface area contributed by atoms with E-state index in [4.69, 9.17) is 68.4 Å². The lowest BCUT2D eigenvalue weighted by Gasteiger charge is -2.28. The molecule has 4 aromatic heterocycles. The summed E-state index contributed by atoms with van der Waals surface area (Å²) in [5.41, 5.74) is 17.8. The number of nitrogens with one attached hydrogen (secondary N) is 1. The molecule has 25 heteroatoms. The van der Waals surface area contributed by atoms with Crippen molar-refractivity contribution in [3.63, 3.8) is 0 Å². The molecule has 0 saturated carbocycles. The Morgan fingerprint density at radius 2 is 1.51 bits per heavy atom. The van der Waals surface area contributed by atoms with Crippen LogP contribution in [0.4, 0.5) is 16.2 Å². The number of H-pyrrole nitrogens is 1. The minimum absolute atomic E-state index is 0.0638. The van der Waals surface area contributed by atoms with Crippen molar-refractivity contribution in [1.29, 1.82) is 0 Å². The summed E-state index contributed by atoms with van der Waals surface area (Å²) in [6.45, 7) is -9.51. The normalized spacial score (nSPS) is 37.7. The molecule has 9 N–H and O–H groups in total. The second-order valence-electron chi connectivity index (χ2n) is 10.2. The fourth-order valence-electron chi connectivity index (χ4n) is 5.30. The van der Waals surface area contributed by atoms with Crippen LogP contribution in [0.5, 0.6) is 0 Å². The number of anilines is 2. The second-order valence-corrected chi connectivity index (χ2v) is 15.8. The number of fused-ring (bicyclic) bond motifs is 6. The number of hydrogen-bond donors (Lipinski definition) is 6. The molecule has 242 valence electrons. The number of nitrogens with two attached hydrogens (primary N) is 3. The Balaban J connectivity index is 1.23. The number of alkyl halides is 1. The van der Waals surface area contributed by atoms with Crippen molar-refractivity contribution in [1.82, 2.24) is 39.0 Å². The van der Waals surface area contributed by atoms with Gasteiger partial charge in [-0.1, -0.05) is 0 Å². The number of aromatic amines is 1. The molecular weight excluding hydrogens is 683 g/mol. The zero-order chi connectivity index (χ0) is 31.8. The Labute approximate surface area is 260 Å². The fraction of sp³-hybridized carbons (Fsp3) is 0.500. The first kappa shape index (κ1) is 31.0. The molecule has 4 bridgehead atoms. The van der Waals surface area contributed by atoms with Crippen molar-refractivity contribution in [2.45, 2.75) is 49.1 Å². The average molecular weight is 708 g/mol. The second kappa shape index (κ2) is 11.3. The van der Waals surface area contributed by atoms with Crippen LogP contribution >= 0.6 is 13.4 Å². The summed E-state index contributed by atoms with van der Waals surface area (Å²) in [6, 6.07) is -1.04. The molecule has 0 aromatic carbocycles. The third-order valence-corrected chi connectivity index (χ3v) is 10.5. The molecule has 3 aliphatic heterocycles. The van der Waals surface area contributed by atoms with E-state index in [-0.39, 0.29) is 34.1 Å². The Morgan fingerprint density at radius 3 is 2.24 bits per heavy atom. The molecule has 7 rings (SSSR count). The van der Waals surface area contributed by atoms with Gasteiger partial charge in [0.1, 0.15) is 36.3 Å². The molecule has 3 aliphatic rings. The van der Waals surface area contributed by atoms with Gasteiger partial charge in [0.05, 0.1) is 31.9 Å². The topological polar surface area (TPSA) is 281 Å². The average Bonchev–Trinajstić information content (AvgIpc) is 3.72. The van der Waals surface area contributed by atoms with Crippen LogP contribution in [0.1, 0.15) is 12.5 Å². The molecule has 0 amide bonds. The number of halogens is 1. The molecule has 0 spiro atoms. The Bertz CT molecular complexity index is 1950. The zero-order valence-corrected chi connectivity index (χ0v) is 25.9. The van der Waals surface area contributed by atoms with Crippen molar-refractivity contribution in [2.24, 2.45) is 5.73 Å². The van der Waals surface area contributed by atoms with Crippen molar-refractivity contribution < 1.29 is 41.7 Å². The first-order valence-corrected chi connectivity index (χ1v) is 18.2. The maximum Gasteiger partial charge on any atom is 0.325 e. The van der Waals surface area contributed by atoms with Gasteiger partial charge >= 0.3 is 13.4 Å².